The SMILES string of the molecule is CCCCNC(=O)C(C)N(Cc1ccc(Cl)c(Cl)c1)C(=O)CCCN(c1ccc(OCC)cc1)S(C)(=O)=O. The number of sulfonamides is 1. The minimum Gasteiger partial charge on any atom is -0.494 e. The second-order valence-corrected chi connectivity index (χ2v) is 11.7. The molecule has 0 radical (unpaired) electrons. The summed E-state index contributed by atoms with van der Waals surface area (Å²) in [6, 6.07) is 11.1. The number of nitrogens with zero attached hydrogens (tertiary/aromatic N) is 2. The summed E-state index contributed by atoms with van der Waals surface area (Å²) in [5, 5.41) is 3.63. The van der Waals surface area contributed by atoms with Gasteiger partial charge in [-0.1, -0.05) is 42.6 Å². The fourth-order valence-corrected chi connectivity index (χ4v) is 5.12. The van der Waals surface area contributed by atoms with Gasteiger partial charge in [0.25, 0.3) is 0 Å². The highest BCUT2D eigenvalue weighted by atomic mass is 35.5. The molecule has 0 heterocycles. The number of nitrogens with one attached hydrogen (secondary N) is 1. The van der Waals surface area contributed by atoms with Crippen LogP contribution in [-0.2, 0) is 26.2 Å². The summed E-state index contributed by atoms with van der Waals surface area (Å²) in [6.07, 6.45) is 3.22. The van der Waals surface area contributed by atoms with Gasteiger partial charge in [0.1, 0.15) is 11.8 Å². The summed E-state index contributed by atoms with van der Waals surface area (Å²) < 4.78 is 31.7. The number of carbonyl (C=O) groups is 2. The summed E-state index contributed by atoms with van der Waals surface area (Å²) >= 11 is 12.2. The van der Waals surface area contributed by atoms with Crippen molar-refractivity contribution in [2.75, 3.05) is 30.3 Å². The molecule has 2 aromatic rings. The number of benzene rings is 2. The summed E-state index contributed by atoms with van der Waals surface area (Å²) in [7, 11) is -3.58. The summed E-state index contributed by atoms with van der Waals surface area (Å²) in [5.74, 6) is 0.123. The average molecular weight is 587 g/mol. The minimum absolute atomic E-state index is 0.0525. The van der Waals surface area contributed by atoms with Gasteiger partial charge in [-0.3, -0.25) is 13.9 Å². The third-order valence-corrected chi connectivity index (χ3v) is 7.85. The molecule has 11 heteroatoms. The van der Waals surface area contributed by atoms with Crippen molar-refractivity contribution in [1.82, 2.24) is 10.2 Å². The lowest BCUT2D eigenvalue weighted by Gasteiger charge is -2.29. The zero-order chi connectivity index (χ0) is 28.3. The molecule has 0 aromatic heterocycles. The first-order valence-corrected chi connectivity index (χ1v) is 15.3. The Kier molecular flexibility index (Phi) is 12.7. The highest BCUT2D eigenvalue weighted by Crippen LogP contribution is 2.25. The molecule has 210 valence electrons. The number of carbonyl (C=O) groups excluding carboxylic acids is 2. The number of halogens is 2. The Labute approximate surface area is 236 Å². The molecule has 0 saturated carbocycles. The highest BCUT2D eigenvalue weighted by Gasteiger charge is 2.26. The standard InChI is InChI=1S/C27H37Cl2N3O5S/c1-5-7-16-30-27(34)20(3)31(19-21-10-15-24(28)25(29)18-21)26(33)9-8-17-32(38(4,35)36)22-11-13-23(14-12-22)37-6-2/h10-15,18,20H,5-9,16-17,19H2,1-4H3,(H,30,34). The van der Waals surface area contributed by atoms with Crippen LogP contribution in [0.4, 0.5) is 5.69 Å². The van der Waals surface area contributed by atoms with E-state index in [0.29, 0.717) is 34.6 Å². The summed E-state index contributed by atoms with van der Waals surface area (Å²) in [5.41, 5.74) is 1.22. The molecule has 0 saturated heterocycles. The van der Waals surface area contributed by atoms with Gasteiger partial charge in [0.05, 0.1) is 28.6 Å². The molecule has 0 aliphatic rings. The van der Waals surface area contributed by atoms with E-state index in [0.717, 1.165) is 24.7 Å². The van der Waals surface area contributed by atoms with Crippen LogP contribution < -0.4 is 14.4 Å². The lowest BCUT2D eigenvalue weighted by molar-refractivity contribution is -0.140. The summed E-state index contributed by atoms with van der Waals surface area (Å²) in [6.45, 7) is 6.88. The lowest BCUT2D eigenvalue weighted by Crippen LogP contribution is -2.48. The predicted octanol–water partition coefficient (Wildman–Crippen LogP) is 5.27. The van der Waals surface area contributed by atoms with Crippen molar-refractivity contribution in [2.45, 2.75) is 59.0 Å². The molecule has 2 rings (SSSR count). The van der Waals surface area contributed by atoms with Gasteiger partial charge in [0, 0.05) is 26.1 Å². The molecule has 2 amide bonds. The zero-order valence-corrected chi connectivity index (χ0v) is 24.7. The Morgan fingerprint density at radius 3 is 2.29 bits per heavy atom. The highest BCUT2D eigenvalue weighted by molar-refractivity contribution is 7.92. The number of amides is 2. The molecular formula is C27H37Cl2N3O5S. The molecule has 1 unspecified atom stereocenters. The van der Waals surface area contributed by atoms with Crippen LogP contribution in [0.1, 0.15) is 52.0 Å². The molecule has 1 N–H and O–H groups in total. The largest absolute Gasteiger partial charge is 0.494 e. The van der Waals surface area contributed by atoms with Gasteiger partial charge < -0.3 is 15.0 Å². The third-order valence-electron chi connectivity index (χ3n) is 5.92. The molecule has 0 aliphatic heterocycles. The first-order valence-electron chi connectivity index (χ1n) is 12.7. The quantitative estimate of drug-likeness (QED) is 0.287. The number of rotatable bonds is 15. The lowest BCUT2D eigenvalue weighted by atomic mass is 10.1. The van der Waals surface area contributed by atoms with E-state index in [1.54, 1.807) is 49.4 Å². The van der Waals surface area contributed by atoms with Gasteiger partial charge >= 0.3 is 0 Å². The number of ether oxygens (including phenoxy) is 1. The van der Waals surface area contributed by atoms with E-state index in [4.69, 9.17) is 27.9 Å². The van der Waals surface area contributed by atoms with Crippen LogP contribution in [-0.4, -0.2) is 57.1 Å². The van der Waals surface area contributed by atoms with E-state index >= 15 is 0 Å². The van der Waals surface area contributed by atoms with Crippen LogP contribution >= 0.6 is 23.2 Å². The molecule has 1 atom stereocenters. The molecule has 0 spiro atoms. The third kappa shape index (κ3) is 9.67. The monoisotopic (exact) mass is 585 g/mol. The molecule has 0 aliphatic carbocycles. The molecule has 0 fully saturated rings. The van der Waals surface area contributed by atoms with Crippen molar-refractivity contribution in [3.63, 3.8) is 0 Å². The molecular weight excluding hydrogens is 549 g/mol. The topological polar surface area (TPSA) is 96.0 Å². The van der Waals surface area contributed by atoms with Gasteiger partial charge in [0.15, 0.2) is 0 Å². The van der Waals surface area contributed by atoms with Gasteiger partial charge in [-0.05, 0) is 68.7 Å². The second-order valence-electron chi connectivity index (χ2n) is 8.96. The van der Waals surface area contributed by atoms with Crippen molar-refractivity contribution in [3.05, 3.63) is 58.1 Å². The Balaban J connectivity index is 2.16. The Morgan fingerprint density at radius 2 is 1.71 bits per heavy atom. The maximum Gasteiger partial charge on any atom is 0.242 e. The number of hydrogen-bond donors (Lipinski definition) is 1. The van der Waals surface area contributed by atoms with Gasteiger partial charge in [-0.15, -0.1) is 0 Å². The van der Waals surface area contributed by atoms with Crippen LogP contribution in [0.5, 0.6) is 5.75 Å². The molecule has 2 aromatic carbocycles. The maximum atomic E-state index is 13.4. The van der Waals surface area contributed by atoms with Crippen molar-refractivity contribution in [2.24, 2.45) is 0 Å². The molecule has 0 bridgehead atoms. The Morgan fingerprint density at radius 1 is 1.03 bits per heavy atom. The van der Waals surface area contributed by atoms with Crippen LogP contribution in [0.15, 0.2) is 42.5 Å². The normalized spacial score (nSPS) is 12.1. The van der Waals surface area contributed by atoms with E-state index in [9.17, 15) is 18.0 Å². The Bertz CT molecular complexity index is 1180. The number of hydrogen-bond acceptors (Lipinski definition) is 5. The first kappa shape index (κ1) is 31.7. The zero-order valence-electron chi connectivity index (χ0n) is 22.4. The number of anilines is 1. The maximum absolute atomic E-state index is 13.4. The van der Waals surface area contributed by atoms with Crippen LogP contribution in [0.3, 0.4) is 0 Å². The van der Waals surface area contributed by atoms with Gasteiger partial charge in [0.2, 0.25) is 21.8 Å². The van der Waals surface area contributed by atoms with E-state index in [1.165, 1.54) is 9.21 Å². The van der Waals surface area contributed by atoms with Crippen LogP contribution in [0, 0.1) is 0 Å². The van der Waals surface area contributed by atoms with E-state index in [1.807, 2.05) is 13.8 Å². The molecule has 38 heavy (non-hydrogen) atoms. The fraction of sp³-hybridized carbons (Fsp3) is 0.481. The van der Waals surface area contributed by atoms with Crippen LogP contribution in [0.2, 0.25) is 10.0 Å². The van der Waals surface area contributed by atoms with Crippen molar-refractivity contribution in [3.8, 4) is 5.75 Å². The predicted molar refractivity (Wildman–Crippen MR) is 153 cm³/mol. The van der Waals surface area contributed by atoms with Gasteiger partial charge in [-0.2, -0.15) is 0 Å². The average Bonchev–Trinajstić information content (AvgIpc) is 2.87. The second kappa shape index (κ2) is 15.2. The minimum atomic E-state index is -3.58. The van der Waals surface area contributed by atoms with E-state index in [-0.39, 0.29) is 37.7 Å². The number of unbranched alkanes of at least 4 members (excludes halogenated alkanes) is 1. The van der Waals surface area contributed by atoms with Crippen molar-refractivity contribution < 1.29 is 22.7 Å². The Hall–Kier alpha value is -2.49. The first-order chi connectivity index (χ1) is 18.0. The smallest absolute Gasteiger partial charge is 0.242 e. The van der Waals surface area contributed by atoms with Crippen molar-refractivity contribution >= 4 is 50.7 Å². The summed E-state index contributed by atoms with van der Waals surface area (Å²) in [4.78, 5) is 27.6. The van der Waals surface area contributed by atoms with Crippen molar-refractivity contribution in [1.29, 1.82) is 0 Å². The van der Waals surface area contributed by atoms with Crippen LogP contribution in [0.25, 0.3) is 0 Å². The molecule has 8 nitrogen and oxygen atoms in total. The van der Waals surface area contributed by atoms with Gasteiger partial charge in [-0.25, -0.2) is 8.42 Å². The fourth-order valence-electron chi connectivity index (χ4n) is 3.83. The van der Waals surface area contributed by atoms with E-state index < -0.39 is 16.1 Å². The van der Waals surface area contributed by atoms with E-state index in [2.05, 4.69) is 5.32 Å².